The number of thiocarbonyl (C=S) groups is 1. The Labute approximate surface area is 160 Å². The van der Waals surface area contributed by atoms with E-state index in [4.69, 9.17) is 17.0 Å². The number of nitrogens with zero attached hydrogens (tertiary/aromatic N) is 3. The van der Waals surface area contributed by atoms with Crippen molar-refractivity contribution in [2.24, 2.45) is 0 Å². The maximum Gasteiger partial charge on any atom is 0.170 e. The van der Waals surface area contributed by atoms with Crippen LogP contribution in [0.15, 0.2) is 42.7 Å². The summed E-state index contributed by atoms with van der Waals surface area (Å²) in [6.45, 7) is 1.42. The molecule has 3 heterocycles. The van der Waals surface area contributed by atoms with Gasteiger partial charge in [-0.2, -0.15) is 0 Å². The minimum Gasteiger partial charge on any atom is -0.383 e. The second kappa shape index (κ2) is 7.76. The van der Waals surface area contributed by atoms with Crippen molar-refractivity contribution < 1.29 is 4.74 Å². The van der Waals surface area contributed by atoms with E-state index in [-0.39, 0.29) is 12.1 Å². The van der Waals surface area contributed by atoms with Gasteiger partial charge in [-0.1, -0.05) is 18.9 Å². The van der Waals surface area contributed by atoms with Crippen LogP contribution in [-0.4, -0.2) is 39.8 Å². The van der Waals surface area contributed by atoms with E-state index < -0.39 is 0 Å². The highest BCUT2D eigenvalue weighted by atomic mass is 32.1. The second-order valence-corrected chi connectivity index (χ2v) is 7.48. The molecule has 0 aromatic carbocycles. The molecule has 0 bridgehead atoms. The molecular formula is C20H26N4OS. The van der Waals surface area contributed by atoms with E-state index in [1.807, 2.05) is 18.3 Å². The standard InChI is InChI=1S/C20H26N4OS/c1-25-14-13-24-19(17-10-6-12-23(17)15-7-2-3-8-15)18(22-20(24)26)16-9-4-5-11-21-16/h4-6,9-12,15,18-19H,2-3,7-8,13-14H2,1H3,(H,22,26)/t18-,19+/m1/s1. The van der Waals surface area contributed by atoms with E-state index >= 15 is 0 Å². The molecule has 4 rings (SSSR count). The van der Waals surface area contributed by atoms with Crippen LogP contribution in [0.5, 0.6) is 0 Å². The third-order valence-corrected chi connectivity index (χ3v) is 5.92. The monoisotopic (exact) mass is 370 g/mol. The molecule has 1 aliphatic carbocycles. The van der Waals surface area contributed by atoms with Gasteiger partial charge in [-0.15, -0.1) is 0 Å². The fraction of sp³-hybridized carbons (Fsp3) is 0.500. The van der Waals surface area contributed by atoms with E-state index in [1.54, 1.807) is 7.11 Å². The lowest BCUT2D eigenvalue weighted by Crippen LogP contribution is -2.33. The van der Waals surface area contributed by atoms with Crippen LogP contribution in [0.2, 0.25) is 0 Å². The number of ether oxygens (including phenoxy) is 1. The number of aromatic nitrogens is 2. The van der Waals surface area contributed by atoms with Gasteiger partial charge >= 0.3 is 0 Å². The third kappa shape index (κ3) is 3.23. The van der Waals surface area contributed by atoms with Gasteiger partial charge in [-0.25, -0.2) is 0 Å². The summed E-state index contributed by atoms with van der Waals surface area (Å²) in [4.78, 5) is 6.87. The predicted molar refractivity (Wildman–Crippen MR) is 106 cm³/mol. The Morgan fingerprint density at radius 3 is 2.81 bits per heavy atom. The Hall–Kier alpha value is -1.92. The molecule has 2 aliphatic rings. The highest BCUT2D eigenvalue weighted by Gasteiger charge is 2.41. The summed E-state index contributed by atoms with van der Waals surface area (Å²) in [5, 5.41) is 4.29. The third-order valence-electron chi connectivity index (χ3n) is 5.57. The summed E-state index contributed by atoms with van der Waals surface area (Å²) in [7, 11) is 1.74. The molecule has 0 spiro atoms. The summed E-state index contributed by atoms with van der Waals surface area (Å²) >= 11 is 5.68. The lowest BCUT2D eigenvalue weighted by atomic mass is 10.0. The lowest BCUT2D eigenvalue weighted by Gasteiger charge is -2.30. The molecule has 2 aromatic rings. The Balaban J connectivity index is 1.72. The SMILES string of the molecule is COCCN1C(=S)N[C@H](c2ccccn2)[C@@H]1c1cccn1C1CCCC1. The zero-order chi connectivity index (χ0) is 17.9. The van der Waals surface area contributed by atoms with Gasteiger partial charge in [0, 0.05) is 37.8 Å². The summed E-state index contributed by atoms with van der Waals surface area (Å²) in [5.74, 6) is 0. The predicted octanol–water partition coefficient (Wildman–Crippen LogP) is 3.62. The van der Waals surface area contributed by atoms with Gasteiger partial charge in [0.1, 0.15) is 0 Å². The summed E-state index contributed by atoms with van der Waals surface area (Å²) in [5.41, 5.74) is 2.34. The van der Waals surface area contributed by atoms with E-state index in [0.717, 1.165) is 17.4 Å². The zero-order valence-corrected chi connectivity index (χ0v) is 16.0. The maximum atomic E-state index is 5.68. The second-order valence-electron chi connectivity index (χ2n) is 7.09. The van der Waals surface area contributed by atoms with E-state index in [9.17, 15) is 0 Å². The van der Waals surface area contributed by atoms with Gasteiger partial charge in [0.05, 0.1) is 24.4 Å². The fourth-order valence-corrected chi connectivity index (χ4v) is 4.66. The molecule has 2 atom stereocenters. The Morgan fingerprint density at radius 1 is 1.23 bits per heavy atom. The van der Waals surface area contributed by atoms with Crippen molar-refractivity contribution in [3.63, 3.8) is 0 Å². The van der Waals surface area contributed by atoms with Gasteiger partial charge in [-0.05, 0) is 49.3 Å². The van der Waals surface area contributed by atoms with Crippen LogP contribution in [0, 0.1) is 0 Å². The Bertz CT molecular complexity index is 741. The van der Waals surface area contributed by atoms with Crippen molar-refractivity contribution >= 4 is 17.3 Å². The number of methoxy groups -OCH3 is 1. The van der Waals surface area contributed by atoms with Crippen LogP contribution in [0.1, 0.15) is 55.2 Å². The van der Waals surface area contributed by atoms with Crippen LogP contribution >= 0.6 is 12.2 Å². The number of nitrogens with one attached hydrogen (secondary N) is 1. The average Bonchev–Trinajstić information content (AvgIpc) is 3.40. The molecule has 26 heavy (non-hydrogen) atoms. The van der Waals surface area contributed by atoms with Crippen molar-refractivity contribution in [2.75, 3.05) is 20.3 Å². The normalized spacial score (nSPS) is 23.6. The van der Waals surface area contributed by atoms with E-state index in [1.165, 1.54) is 31.4 Å². The molecule has 5 nitrogen and oxygen atoms in total. The molecule has 1 saturated heterocycles. The average molecular weight is 371 g/mol. The van der Waals surface area contributed by atoms with Crippen LogP contribution in [0.25, 0.3) is 0 Å². The smallest absolute Gasteiger partial charge is 0.170 e. The lowest BCUT2D eigenvalue weighted by molar-refractivity contribution is 0.161. The van der Waals surface area contributed by atoms with Crippen molar-refractivity contribution in [3.8, 4) is 0 Å². The number of rotatable bonds is 6. The number of hydrogen-bond acceptors (Lipinski definition) is 3. The minimum absolute atomic E-state index is 0.0515. The summed E-state index contributed by atoms with van der Waals surface area (Å²) in [6, 6.07) is 11.3. The van der Waals surface area contributed by atoms with Crippen LogP contribution in [0.4, 0.5) is 0 Å². The van der Waals surface area contributed by atoms with E-state index in [2.05, 4.69) is 44.2 Å². The Kier molecular flexibility index (Phi) is 5.22. The van der Waals surface area contributed by atoms with Gasteiger partial charge in [0.15, 0.2) is 5.11 Å². The molecule has 1 N–H and O–H groups in total. The van der Waals surface area contributed by atoms with Crippen molar-refractivity contribution in [1.82, 2.24) is 19.8 Å². The topological polar surface area (TPSA) is 42.3 Å². The first-order valence-electron chi connectivity index (χ1n) is 9.43. The van der Waals surface area contributed by atoms with Gasteiger partial charge < -0.3 is 19.5 Å². The van der Waals surface area contributed by atoms with Crippen LogP contribution in [-0.2, 0) is 4.74 Å². The Morgan fingerprint density at radius 2 is 2.08 bits per heavy atom. The molecule has 138 valence electrons. The van der Waals surface area contributed by atoms with Crippen molar-refractivity contribution in [3.05, 3.63) is 54.1 Å². The fourth-order valence-electron chi connectivity index (χ4n) is 4.33. The first kappa shape index (κ1) is 17.5. The number of pyridine rings is 1. The minimum atomic E-state index is 0.0515. The molecule has 6 heteroatoms. The summed E-state index contributed by atoms with van der Waals surface area (Å²) < 4.78 is 7.81. The molecule has 2 aromatic heterocycles. The van der Waals surface area contributed by atoms with Gasteiger partial charge in [0.25, 0.3) is 0 Å². The number of hydrogen-bond donors (Lipinski definition) is 1. The summed E-state index contributed by atoms with van der Waals surface area (Å²) in [6.07, 6.45) is 9.25. The highest BCUT2D eigenvalue weighted by Crippen LogP contribution is 2.41. The quantitative estimate of drug-likeness (QED) is 0.787. The molecule has 1 saturated carbocycles. The zero-order valence-electron chi connectivity index (χ0n) is 15.2. The molecule has 1 aliphatic heterocycles. The van der Waals surface area contributed by atoms with Crippen molar-refractivity contribution in [2.45, 2.75) is 43.8 Å². The highest BCUT2D eigenvalue weighted by molar-refractivity contribution is 7.80. The largest absolute Gasteiger partial charge is 0.383 e. The van der Waals surface area contributed by atoms with Crippen molar-refractivity contribution in [1.29, 1.82) is 0 Å². The van der Waals surface area contributed by atoms with E-state index in [0.29, 0.717) is 12.6 Å². The first-order valence-corrected chi connectivity index (χ1v) is 9.84. The van der Waals surface area contributed by atoms with Gasteiger partial charge in [0.2, 0.25) is 0 Å². The molecule has 2 fully saturated rings. The van der Waals surface area contributed by atoms with Gasteiger partial charge in [-0.3, -0.25) is 4.98 Å². The maximum absolute atomic E-state index is 5.68. The molecule has 0 amide bonds. The molecule has 0 unspecified atom stereocenters. The first-order chi connectivity index (χ1) is 12.8. The molecular weight excluding hydrogens is 344 g/mol. The van der Waals surface area contributed by atoms with Crippen LogP contribution < -0.4 is 5.32 Å². The van der Waals surface area contributed by atoms with Crippen LogP contribution in [0.3, 0.4) is 0 Å². The molecule has 0 radical (unpaired) electrons.